The lowest BCUT2D eigenvalue weighted by molar-refractivity contribution is -0.115. The average Bonchev–Trinajstić information content (AvgIpc) is 2.83. The van der Waals surface area contributed by atoms with Crippen LogP contribution in [0.15, 0.2) is 36.8 Å². The standard InChI is InChI=1S/C14H17N3O2/c1-10(2)19-13-6-4-3-5-12(13)17-14(18)7-11-8-15-9-16-11/h3-6,8-10H,7H2,1-2H3,(H,15,16)(H,17,18). The summed E-state index contributed by atoms with van der Waals surface area (Å²) in [6, 6.07) is 7.40. The Labute approximate surface area is 112 Å². The molecule has 0 saturated heterocycles. The second-order valence-corrected chi connectivity index (χ2v) is 4.46. The number of hydrogen-bond donors (Lipinski definition) is 2. The Morgan fingerprint density at radius 2 is 2.21 bits per heavy atom. The zero-order chi connectivity index (χ0) is 13.7. The van der Waals surface area contributed by atoms with E-state index in [2.05, 4.69) is 15.3 Å². The molecule has 0 aliphatic heterocycles. The number of benzene rings is 1. The molecule has 2 aromatic rings. The number of carbonyl (C=O) groups is 1. The molecule has 1 aromatic carbocycles. The van der Waals surface area contributed by atoms with Crippen LogP contribution in [0.3, 0.4) is 0 Å². The third-order valence-electron chi connectivity index (χ3n) is 2.43. The number of H-pyrrole nitrogens is 1. The van der Waals surface area contributed by atoms with E-state index in [0.717, 1.165) is 5.69 Å². The SMILES string of the molecule is CC(C)Oc1ccccc1NC(=O)Cc1cnc[nH]1. The maximum Gasteiger partial charge on any atom is 0.230 e. The van der Waals surface area contributed by atoms with Crippen LogP contribution in [0.4, 0.5) is 5.69 Å². The highest BCUT2D eigenvalue weighted by molar-refractivity contribution is 5.93. The van der Waals surface area contributed by atoms with E-state index in [-0.39, 0.29) is 18.4 Å². The van der Waals surface area contributed by atoms with Gasteiger partial charge in [-0.1, -0.05) is 12.1 Å². The second kappa shape index (κ2) is 6.04. The van der Waals surface area contributed by atoms with Gasteiger partial charge in [0, 0.05) is 11.9 Å². The van der Waals surface area contributed by atoms with E-state index in [4.69, 9.17) is 4.74 Å². The maximum atomic E-state index is 11.9. The van der Waals surface area contributed by atoms with E-state index in [0.29, 0.717) is 11.4 Å². The molecule has 19 heavy (non-hydrogen) atoms. The number of amides is 1. The topological polar surface area (TPSA) is 67.0 Å². The lowest BCUT2D eigenvalue weighted by Gasteiger charge is -2.14. The van der Waals surface area contributed by atoms with Gasteiger partial charge in [-0.15, -0.1) is 0 Å². The molecule has 2 rings (SSSR count). The molecule has 5 heteroatoms. The Morgan fingerprint density at radius 1 is 1.42 bits per heavy atom. The Morgan fingerprint density at radius 3 is 2.89 bits per heavy atom. The quantitative estimate of drug-likeness (QED) is 0.866. The van der Waals surface area contributed by atoms with Crippen molar-refractivity contribution in [3.05, 3.63) is 42.5 Å². The van der Waals surface area contributed by atoms with Crippen LogP contribution in [0, 0.1) is 0 Å². The van der Waals surface area contributed by atoms with Gasteiger partial charge in [0.15, 0.2) is 0 Å². The molecule has 5 nitrogen and oxygen atoms in total. The number of imidazole rings is 1. The predicted octanol–water partition coefficient (Wildman–Crippen LogP) is 2.38. The third kappa shape index (κ3) is 3.84. The lowest BCUT2D eigenvalue weighted by atomic mass is 10.2. The normalized spacial score (nSPS) is 10.5. The van der Waals surface area contributed by atoms with E-state index in [1.807, 2.05) is 38.1 Å². The Balaban J connectivity index is 2.04. The van der Waals surface area contributed by atoms with Crippen LogP contribution in [0.2, 0.25) is 0 Å². The molecule has 2 N–H and O–H groups in total. The number of ether oxygens (including phenoxy) is 1. The number of nitrogens with one attached hydrogen (secondary N) is 2. The molecule has 0 atom stereocenters. The van der Waals surface area contributed by atoms with Crippen molar-refractivity contribution in [2.45, 2.75) is 26.4 Å². The number of para-hydroxylation sites is 2. The summed E-state index contributed by atoms with van der Waals surface area (Å²) in [5.74, 6) is 0.569. The van der Waals surface area contributed by atoms with Gasteiger partial charge in [0.2, 0.25) is 5.91 Å². The Kier molecular flexibility index (Phi) is 4.18. The van der Waals surface area contributed by atoms with E-state index in [1.165, 1.54) is 0 Å². The minimum Gasteiger partial charge on any atom is -0.489 e. The smallest absolute Gasteiger partial charge is 0.230 e. The molecule has 0 spiro atoms. The van der Waals surface area contributed by atoms with Crippen LogP contribution in [-0.4, -0.2) is 22.0 Å². The molecule has 1 aromatic heterocycles. The number of rotatable bonds is 5. The van der Waals surface area contributed by atoms with Gasteiger partial charge >= 0.3 is 0 Å². The Bertz CT molecular complexity index is 535. The second-order valence-electron chi connectivity index (χ2n) is 4.46. The number of nitrogens with zero attached hydrogens (tertiary/aromatic N) is 1. The number of aromatic nitrogens is 2. The summed E-state index contributed by atoms with van der Waals surface area (Å²) < 4.78 is 5.65. The van der Waals surface area contributed by atoms with Gasteiger partial charge in [-0.25, -0.2) is 4.98 Å². The van der Waals surface area contributed by atoms with Crippen molar-refractivity contribution in [3.8, 4) is 5.75 Å². The van der Waals surface area contributed by atoms with Crippen molar-refractivity contribution in [2.75, 3.05) is 5.32 Å². The van der Waals surface area contributed by atoms with Gasteiger partial charge in [-0.05, 0) is 26.0 Å². The van der Waals surface area contributed by atoms with E-state index in [9.17, 15) is 4.79 Å². The van der Waals surface area contributed by atoms with Crippen LogP contribution < -0.4 is 10.1 Å². The summed E-state index contributed by atoms with van der Waals surface area (Å²) in [4.78, 5) is 18.7. The first-order valence-electron chi connectivity index (χ1n) is 6.18. The molecule has 0 bridgehead atoms. The highest BCUT2D eigenvalue weighted by Gasteiger charge is 2.09. The number of hydrogen-bond acceptors (Lipinski definition) is 3. The molecule has 0 saturated carbocycles. The largest absolute Gasteiger partial charge is 0.489 e. The zero-order valence-electron chi connectivity index (χ0n) is 11.0. The summed E-state index contributed by atoms with van der Waals surface area (Å²) in [6.45, 7) is 3.90. The first-order valence-corrected chi connectivity index (χ1v) is 6.18. The molecule has 0 fully saturated rings. The highest BCUT2D eigenvalue weighted by Crippen LogP contribution is 2.24. The van der Waals surface area contributed by atoms with E-state index < -0.39 is 0 Å². The number of aromatic amines is 1. The van der Waals surface area contributed by atoms with Crippen molar-refractivity contribution in [1.82, 2.24) is 9.97 Å². The summed E-state index contributed by atoms with van der Waals surface area (Å²) in [5, 5.41) is 2.84. The molecule has 100 valence electrons. The van der Waals surface area contributed by atoms with Crippen LogP contribution in [0.5, 0.6) is 5.75 Å². The zero-order valence-corrected chi connectivity index (χ0v) is 11.0. The van der Waals surface area contributed by atoms with Gasteiger partial charge in [0.25, 0.3) is 0 Å². The van der Waals surface area contributed by atoms with Crippen molar-refractivity contribution in [2.24, 2.45) is 0 Å². The molecule has 0 aliphatic rings. The lowest BCUT2D eigenvalue weighted by Crippen LogP contribution is -2.16. The van der Waals surface area contributed by atoms with Crippen molar-refractivity contribution >= 4 is 11.6 Å². The van der Waals surface area contributed by atoms with Gasteiger partial charge in [0.05, 0.1) is 24.5 Å². The van der Waals surface area contributed by atoms with Gasteiger partial charge in [0.1, 0.15) is 5.75 Å². The molecular weight excluding hydrogens is 242 g/mol. The molecule has 1 amide bonds. The van der Waals surface area contributed by atoms with Crippen molar-refractivity contribution in [3.63, 3.8) is 0 Å². The van der Waals surface area contributed by atoms with E-state index in [1.54, 1.807) is 12.5 Å². The van der Waals surface area contributed by atoms with Crippen LogP contribution in [0.25, 0.3) is 0 Å². The van der Waals surface area contributed by atoms with Crippen molar-refractivity contribution in [1.29, 1.82) is 0 Å². The number of anilines is 1. The van der Waals surface area contributed by atoms with Crippen molar-refractivity contribution < 1.29 is 9.53 Å². The summed E-state index contributed by atoms with van der Waals surface area (Å²) in [7, 11) is 0. The average molecular weight is 259 g/mol. The number of carbonyl (C=O) groups excluding carboxylic acids is 1. The van der Waals surface area contributed by atoms with Gasteiger partial charge in [-0.3, -0.25) is 4.79 Å². The fourth-order valence-electron chi connectivity index (χ4n) is 1.68. The molecule has 0 aliphatic carbocycles. The van der Waals surface area contributed by atoms with Crippen LogP contribution in [-0.2, 0) is 11.2 Å². The molecular formula is C14H17N3O2. The minimum atomic E-state index is -0.107. The van der Waals surface area contributed by atoms with Crippen LogP contribution >= 0.6 is 0 Å². The van der Waals surface area contributed by atoms with Gasteiger partial charge < -0.3 is 15.0 Å². The molecule has 1 heterocycles. The first-order chi connectivity index (χ1) is 9.15. The van der Waals surface area contributed by atoms with Crippen LogP contribution in [0.1, 0.15) is 19.5 Å². The molecule has 0 unspecified atom stereocenters. The monoisotopic (exact) mass is 259 g/mol. The third-order valence-corrected chi connectivity index (χ3v) is 2.43. The predicted molar refractivity (Wildman–Crippen MR) is 73.1 cm³/mol. The molecule has 0 radical (unpaired) electrons. The highest BCUT2D eigenvalue weighted by atomic mass is 16.5. The minimum absolute atomic E-state index is 0.0608. The Hall–Kier alpha value is -2.30. The summed E-state index contributed by atoms with van der Waals surface area (Å²) >= 11 is 0. The summed E-state index contributed by atoms with van der Waals surface area (Å²) in [6.07, 6.45) is 3.51. The summed E-state index contributed by atoms with van der Waals surface area (Å²) in [5.41, 5.74) is 1.46. The first kappa shape index (κ1) is 13.1. The fourth-order valence-corrected chi connectivity index (χ4v) is 1.68. The van der Waals surface area contributed by atoms with E-state index >= 15 is 0 Å². The fraction of sp³-hybridized carbons (Fsp3) is 0.286. The van der Waals surface area contributed by atoms with Gasteiger partial charge in [-0.2, -0.15) is 0 Å². The maximum absolute atomic E-state index is 11.9.